The Morgan fingerprint density at radius 1 is 1.33 bits per heavy atom. The number of halogens is 2. The molecule has 3 nitrogen and oxygen atoms in total. The fraction of sp³-hybridized carbons (Fsp3) is 0.154. The van der Waals surface area contributed by atoms with E-state index in [0.29, 0.717) is 4.47 Å². The molecule has 0 aliphatic rings. The van der Waals surface area contributed by atoms with Crippen LogP contribution < -0.4 is 11.3 Å². The molecule has 0 spiro atoms. The zero-order valence-electron chi connectivity index (χ0n) is 9.82. The standard InChI is InChI=1S/C13H13BrFN3/c1-8-5-6-9(7-17-8)13(18-16)10-3-2-4-11(15)12(10)14/h2-7,13,18H,16H2,1H3. The van der Waals surface area contributed by atoms with Crippen LogP contribution in [-0.2, 0) is 0 Å². The molecule has 18 heavy (non-hydrogen) atoms. The van der Waals surface area contributed by atoms with Gasteiger partial charge in [-0.15, -0.1) is 0 Å². The van der Waals surface area contributed by atoms with Gasteiger partial charge in [0.25, 0.3) is 0 Å². The van der Waals surface area contributed by atoms with Crippen LogP contribution in [0.5, 0.6) is 0 Å². The Kier molecular flexibility index (Phi) is 4.06. The quantitative estimate of drug-likeness (QED) is 0.677. The summed E-state index contributed by atoms with van der Waals surface area (Å²) in [5, 5.41) is 0. The summed E-state index contributed by atoms with van der Waals surface area (Å²) in [5.74, 6) is 5.26. The van der Waals surface area contributed by atoms with Gasteiger partial charge in [0, 0.05) is 11.9 Å². The van der Waals surface area contributed by atoms with Crippen LogP contribution in [-0.4, -0.2) is 4.98 Å². The van der Waals surface area contributed by atoms with Crippen molar-refractivity contribution in [1.29, 1.82) is 0 Å². The number of hydrazine groups is 1. The van der Waals surface area contributed by atoms with Crippen LogP contribution in [0, 0.1) is 12.7 Å². The molecule has 0 aliphatic carbocycles. The molecule has 0 amide bonds. The molecule has 0 saturated carbocycles. The summed E-state index contributed by atoms with van der Waals surface area (Å²) in [4.78, 5) is 4.22. The first-order chi connectivity index (χ1) is 8.63. The maximum absolute atomic E-state index is 13.5. The van der Waals surface area contributed by atoms with Crippen LogP contribution >= 0.6 is 15.9 Å². The highest BCUT2D eigenvalue weighted by Crippen LogP contribution is 2.29. The Morgan fingerprint density at radius 3 is 2.72 bits per heavy atom. The third-order valence-electron chi connectivity index (χ3n) is 2.73. The maximum atomic E-state index is 13.5. The lowest BCUT2D eigenvalue weighted by atomic mass is 10.0. The van der Waals surface area contributed by atoms with Gasteiger partial charge in [-0.3, -0.25) is 10.8 Å². The highest BCUT2D eigenvalue weighted by Gasteiger charge is 2.17. The van der Waals surface area contributed by atoms with Gasteiger partial charge in [-0.2, -0.15) is 0 Å². The predicted molar refractivity (Wildman–Crippen MR) is 72.2 cm³/mol. The number of aryl methyl sites for hydroxylation is 1. The second kappa shape index (κ2) is 5.56. The molecular formula is C13H13BrFN3. The van der Waals surface area contributed by atoms with E-state index in [1.807, 2.05) is 25.1 Å². The van der Waals surface area contributed by atoms with Crippen molar-refractivity contribution < 1.29 is 4.39 Å². The van der Waals surface area contributed by atoms with Crippen LogP contribution in [0.25, 0.3) is 0 Å². The third kappa shape index (κ3) is 2.58. The smallest absolute Gasteiger partial charge is 0.137 e. The minimum atomic E-state index is -0.312. The second-order valence-electron chi connectivity index (χ2n) is 3.98. The van der Waals surface area contributed by atoms with Crippen LogP contribution in [0.4, 0.5) is 4.39 Å². The normalized spacial score (nSPS) is 12.4. The van der Waals surface area contributed by atoms with Gasteiger partial charge in [0.05, 0.1) is 10.5 Å². The molecular weight excluding hydrogens is 297 g/mol. The minimum Gasteiger partial charge on any atom is -0.271 e. The summed E-state index contributed by atoms with van der Waals surface area (Å²) in [6, 6.07) is 8.38. The summed E-state index contributed by atoms with van der Waals surface area (Å²) in [5.41, 5.74) is 5.23. The molecule has 2 rings (SSSR count). The molecule has 0 saturated heterocycles. The van der Waals surface area contributed by atoms with Gasteiger partial charge in [-0.05, 0) is 46.1 Å². The van der Waals surface area contributed by atoms with E-state index >= 15 is 0 Å². The van der Waals surface area contributed by atoms with Crippen molar-refractivity contribution in [2.75, 3.05) is 0 Å². The van der Waals surface area contributed by atoms with E-state index in [-0.39, 0.29) is 11.9 Å². The number of nitrogens with two attached hydrogens (primary N) is 1. The molecule has 5 heteroatoms. The molecule has 1 atom stereocenters. The first-order valence-corrected chi connectivity index (χ1v) is 6.25. The largest absolute Gasteiger partial charge is 0.271 e. The van der Waals surface area contributed by atoms with Crippen molar-refractivity contribution in [3.63, 3.8) is 0 Å². The van der Waals surface area contributed by atoms with E-state index in [9.17, 15) is 4.39 Å². The summed E-state index contributed by atoms with van der Waals surface area (Å²) >= 11 is 3.24. The topological polar surface area (TPSA) is 50.9 Å². The van der Waals surface area contributed by atoms with Crippen LogP contribution in [0.2, 0.25) is 0 Å². The lowest BCUT2D eigenvalue weighted by molar-refractivity contribution is 0.596. The lowest BCUT2D eigenvalue weighted by Gasteiger charge is -2.18. The van der Waals surface area contributed by atoms with Gasteiger partial charge < -0.3 is 0 Å². The number of rotatable bonds is 3. The summed E-state index contributed by atoms with van der Waals surface area (Å²) in [6.07, 6.45) is 1.73. The van der Waals surface area contributed by atoms with Crippen LogP contribution in [0.15, 0.2) is 41.0 Å². The Labute approximate surface area is 113 Å². The number of pyridine rings is 1. The summed E-state index contributed by atoms with van der Waals surface area (Å²) < 4.78 is 13.9. The van der Waals surface area contributed by atoms with E-state index in [4.69, 9.17) is 5.84 Å². The highest BCUT2D eigenvalue weighted by atomic mass is 79.9. The van der Waals surface area contributed by atoms with Crippen molar-refractivity contribution in [2.24, 2.45) is 5.84 Å². The number of benzene rings is 1. The van der Waals surface area contributed by atoms with E-state index in [2.05, 4.69) is 26.3 Å². The van der Waals surface area contributed by atoms with Crippen molar-refractivity contribution in [3.05, 3.63) is 63.6 Å². The summed E-state index contributed by atoms with van der Waals surface area (Å²) in [6.45, 7) is 1.91. The number of hydrogen-bond acceptors (Lipinski definition) is 3. The van der Waals surface area contributed by atoms with E-state index in [1.165, 1.54) is 6.07 Å². The molecule has 1 aromatic heterocycles. The van der Waals surface area contributed by atoms with E-state index in [1.54, 1.807) is 12.3 Å². The fourth-order valence-electron chi connectivity index (χ4n) is 1.76. The Hall–Kier alpha value is -1.30. The molecule has 0 radical (unpaired) electrons. The first-order valence-electron chi connectivity index (χ1n) is 5.46. The van der Waals surface area contributed by atoms with Crippen molar-refractivity contribution >= 4 is 15.9 Å². The number of nitrogens with one attached hydrogen (secondary N) is 1. The number of nitrogens with zero attached hydrogens (tertiary/aromatic N) is 1. The second-order valence-corrected chi connectivity index (χ2v) is 4.77. The molecule has 3 N–H and O–H groups in total. The van der Waals surface area contributed by atoms with Crippen LogP contribution in [0.1, 0.15) is 22.9 Å². The van der Waals surface area contributed by atoms with Gasteiger partial charge in [-0.25, -0.2) is 9.82 Å². The number of hydrogen-bond donors (Lipinski definition) is 2. The van der Waals surface area contributed by atoms with Gasteiger partial charge >= 0.3 is 0 Å². The average molecular weight is 310 g/mol. The van der Waals surface area contributed by atoms with Crippen LogP contribution in [0.3, 0.4) is 0 Å². The molecule has 0 fully saturated rings. The highest BCUT2D eigenvalue weighted by molar-refractivity contribution is 9.10. The van der Waals surface area contributed by atoms with Gasteiger partial charge in [0.1, 0.15) is 5.82 Å². The molecule has 0 bridgehead atoms. The van der Waals surface area contributed by atoms with Gasteiger partial charge in [0.2, 0.25) is 0 Å². The summed E-state index contributed by atoms with van der Waals surface area (Å²) in [7, 11) is 0. The lowest BCUT2D eigenvalue weighted by Crippen LogP contribution is -2.29. The Bertz CT molecular complexity index is 542. The van der Waals surface area contributed by atoms with Crippen molar-refractivity contribution in [3.8, 4) is 0 Å². The molecule has 94 valence electrons. The SMILES string of the molecule is Cc1ccc(C(NN)c2cccc(F)c2Br)cn1. The Balaban J connectivity index is 2.45. The predicted octanol–water partition coefficient (Wildman–Crippen LogP) is 2.84. The van der Waals surface area contributed by atoms with Crippen molar-refractivity contribution in [1.82, 2.24) is 10.4 Å². The fourth-order valence-corrected chi connectivity index (χ4v) is 2.25. The zero-order chi connectivity index (χ0) is 13.1. The monoisotopic (exact) mass is 309 g/mol. The number of aromatic nitrogens is 1. The molecule has 2 aromatic rings. The van der Waals surface area contributed by atoms with E-state index in [0.717, 1.165) is 16.8 Å². The molecule has 0 aliphatic heterocycles. The molecule has 1 aromatic carbocycles. The van der Waals surface area contributed by atoms with Gasteiger partial charge in [0.15, 0.2) is 0 Å². The maximum Gasteiger partial charge on any atom is 0.137 e. The van der Waals surface area contributed by atoms with Crippen molar-refractivity contribution in [2.45, 2.75) is 13.0 Å². The third-order valence-corrected chi connectivity index (χ3v) is 3.56. The first kappa shape index (κ1) is 13.1. The minimum absolute atomic E-state index is 0.303. The Morgan fingerprint density at radius 2 is 2.11 bits per heavy atom. The average Bonchev–Trinajstić information content (AvgIpc) is 2.37. The zero-order valence-corrected chi connectivity index (χ0v) is 11.4. The molecule has 1 unspecified atom stereocenters. The van der Waals surface area contributed by atoms with E-state index < -0.39 is 0 Å². The van der Waals surface area contributed by atoms with Gasteiger partial charge in [-0.1, -0.05) is 18.2 Å². The molecule has 1 heterocycles.